The molecule has 2 aromatic carbocycles. The molecule has 0 fully saturated rings. The van der Waals surface area contributed by atoms with Crippen molar-refractivity contribution in [2.24, 2.45) is 7.05 Å². The number of nitrogens with one attached hydrogen (secondary N) is 1. The van der Waals surface area contributed by atoms with Crippen LogP contribution in [0, 0.1) is 6.92 Å². The molecule has 0 saturated carbocycles. The fourth-order valence-electron chi connectivity index (χ4n) is 4.01. The molecule has 0 atom stereocenters. The molecule has 0 bridgehead atoms. The van der Waals surface area contributed by atoms with Gasteiger partial charge in [-0.15, -0.1) is 0 Å². The topological polar surface area (TPSA) is 99.0 Å². The Bertz CT molecular complexity index is 1490. The molecule has 0 saturated heterocycles. The summed E-state index contributed by atoms with van der Waals surface area (Å²) in [6.07, 6.45) is 2.70. The van der Waals surface area contributed by atoms with Gasteiger partial charge < -0.3 is 4.74 Å². The highest BCUT2D eigenvalue weighted by Gasteiger charge is 2.25. The summed E-state index contributed by atoms with van der Waals surface area (Å²) in [6, 6.07) is 15.6. The average Bonchev–Trinajstić information content (AvgIpc) is 3.27. The zero-order chi connectivity index (χ0) is 26.0. The number of hydrogen-bond acceptors (Lipinski definition) is 6. The molecule has 0 spiro atoms. The van der Waals surface area contributed by atoms with Crippen molar-refractivity contribution >= 4 is 16.0 Å². The SMILES string of the molecule is Cc1ccccc1Oc1nc(NS(=O)(=O)c2cnn(C)c2)nc(-c2ccccc2C(C)C)c1C(C)C. The highest BCUT2D eigenvalue weighted by Crippen LogP contribution is 2.40. The molecule has 0 unspecified atom stereocenters. The van der Waals surface area contributed by atoms with Crippen LogP contribution in [0.3, 0.4) is 0 Å². The molecule has 4 aromatic rings. The summed E-state index contributed by atoms with van der Waals surface area (Å²) in [7, 11) is -2.31. The summed E-state index contributed by atoms with van der Waals surface area (Å²) in [5.74, 6) is 1.12. The Kier molecular flexibility index (Phi) is 7.12. The number of sulfonamides is 1. The zero-order valence-corrected chi connectivity index (χ0v) is 22.2. The number of para-hydroxylation sites is 1. The van der Waals surface area contributed by atoms with Crippen molar-refractivity contribution in [3.63, 3.8) is 0 Å². The molecule has 0 amide bonds. The minimum atomic E-state index is -3.96. The first-order valence-electron chi connectivity index (χ1n) is 11.8. The van der Waals surface area contributed by atoms with E-state index >= 15 is 0 Å². The van der Waals surface area contributed by atoms with Gasteiger partial charge in [0.1, 0.15) is 10.6 Å². The Morgan fingerprint density at radius 1 is 0.944 bits per heavy atom. The summed E-state index contributed by atoms with van der Waals surface area (Å²) >= 11 is 0. The Morgan fingerprint density at radius 3 is 2.28 bits per heavy atom. The molecule has 0 radical (unpaired) electrons. The largest absolute Gasteiger partial charge is 0.438 e. The second kappa shape index (κ2) is 10.1. The number of ether oxygens (including phenoxy) is 1. The maximum atomic E-state index is 13.1. The van der Waals surface area contributed by atoms with Crippen molar-refractivity contribution in [3.05, 3.63) is 77.6 Å². The molecule has 0 aliphatic heterocycles. The van der Waals surface area contributed by atoms with Crippen LogP contribution in [0.15, 0.2) is 65.8 Å². The van der Waals surface area contributed by atoms with Gasteiger partial charge in [-0.1, -0.05) is 70.2 Å². The monoisotopic (exact) mass is 505 g/mol. The van der Waals surface area contributed by atoms with Crippen molar-refractivity contribution in [1.29, 1.82) is 0 Å². The molecule has 9 heteroatoms. The zero-order valence-electron chi connectivity index (χ0n) is 21.4. The van der Waals surface area contributed by atoms with Gasteiger partial charge >= 0.3 is 0 Å². The number of rotatable bonds is 8. The number of aromatic nitrogens is 4. The minimum Gasteiger partial charge on any atom is -0.438 e. The van der Waals surface area contributed by atoms with Gasteiger partial charge in [0.2, 0.25) is 11.8 Å². The van der Waals surface area contributed by atoms with Crippen LogP contribution in [0.2, 0.25) is 0 Å². The Balaban J connectivity index is 1.94. The molecule has 188 valence electrons. The first-order chi connectivity index (χ1) is 17.1. The minimum absolute atomic E-state index is 0.00298. The number of nitrogens with zero attached hydrogens (tertiary/aromatic N) is 4. The van der Waals surface area contributed by atoms with Gasteiger partial charge in [0.15, 0.2) is 0 Å². The Labute approximate surface area is 212 Å². The van der Waals surface area contributed by atoms with E-state index in [0.29, 0.717) is 17.3 Å². The van der Waals surface area contributed by atoms with E-state index in [1.54, 1.807) is 7.05 Å². The lowest BCUT2D eigenvalue weighted by molar-refractivity contribution is 0.449. The smallest absolute Gasteiger partial charge is 0.267 e. The van der Waals surface area contributed by atoms with Crippen LogP contribution in [-0.4, -0.2) is 28.2 Å². The van der Waals surface area contributed by atoms with Crippen molar-refractivity contribution in [2.75, 3.05) is 4.72 Å². The first-order valence-corrected chi connectivity index (χ1v) is 13.3. The van der Waals surface area contributed by atoms with Crippen LogP contribution in [0.5, 0.6) is 11.6 Å². The van der Waals surface area contributed by atoms with E-state index in [0.717, 1.165) is 22.3 Å². The van der Waals surface area contributed by atoms with Crippen LogP contribution < -0.4 is 9.46 Å². The molecule has 1 N–H and O–H groups in total. The lowest BCUT2D eigenvalue weighted by atomic mass is 9.91. The normalized spacial score (nSPS) is 11.8. The van der Waals surface area contributed by atoms with E-state index in [1.165, 1.54) is 17.1 Å². The number of benzene rings is 2. The van der Waals surface area contributed by atoms with Crippen molar-refractivity contribution in [3.8, 4) is 22.9 Å². The average molecular weight is 506 g/mol. The van der Waals surface area contributed by atoms with Crippen LogP contribution in [0.25, 0.3) is 11.3 Å². The van der Waals surface area contributed by atoms with E-state index in [4.69, 9.17) is 9.72 Å². The molecule has 2 aromatic heterocycles. The number of aryl methyl sites for hydroxylation is 2. The van der Waals surface area contributed by atoms with Gasteiger partial charge in [0, 0.05) is 24.4 Å². The fourth-order valence-corrected chi connectivity index (χ4v) is 4.93. The Hall–Kier alpha value is -3.72. The molecule has 0 aliphatic rings. The van der Waals surface area contributed by atoms with Crippen LogP contribution in [-0.2, 0) is 17.1 Å². The first kappa shape index (κ1) is 25.4. The van der Waals surface area contributed by atoms with E-state index in [9.17, 15) is 8.42 Å². The maximum absolute atomic E-state index is 13.1. The predicted octanol–water partition coefficient (Wildman–Crippen LogP) is 6.03. The quantitative estimate of drug-likeness (QED) is 0.314. The van der Waals surface area contributed by atoms with E-state index < -0.39 is 10.0 Å². The summed E-state index contributed by atoms with van der Waals surface area (Å²) in [6.45, 7) is 10.3. The number of hydrogen-bond donors (Lipinski definition) is 1. The van der Waals surface area contributed by atoms with E-state index in [2.05, 4.69) is 34.7 Å². The molecule has 0 aliphatic carbocycles. The third-order valence-corrected chi connectivity index (χ3v) is 7.13. The standard InChI is InChI=1S/C27H31N5O3S/c1-17(2)21-12-8-9-13-22(21)25-24(18(3)4)26(35-23-14-10-7-11-19(23)5)30-27(29-25)31-36(33,34)20-15-28-32(6)16-20/h7-18H,1-6H3,(H,29,30,31). The lowest BCUT2D eigenvalue weighted by Crippen LogP contribution is -2.16. The third-order valence-electron chi connectivity index (χ3n) is 5.84. The van der Waals surface area contributed by atoms with Gasteiger partial charge in [-0.25, -0.2) is 18.1 Å². The fraction of sp³-hybridized carbons (Fsp3) is 0.296. The van der Waals surface area contributed by atoms with Crippen molar-refractivity contribution in [2.45, 2.75) is 51.3 Å². The van der Waals surface area contributed by atoms with E-state index in [-0.39, 0.29) is 22.7 Å². The second-order valence-electron chi connectivity index (χ2n) is 9.33. The summed E-state index contributed by atoms with van der Waals surface area (Å²) in [5, 5.41) is 3.97. The highest BCUT2D eigenvalue weighted by molar-refractivity contribution is 7.92. The van der Waals surface area contributed by atoms with Crippen LogP contribution in [0.4, 0.5) is 5.95 Å². The highest BCUT2D eigenvalue weighted by atomic mass is 32.2. The van der Waals surface area contributed by atoms with Gasteiger partial charge in [0.25, 0.3) is 10.0 Å². The Morgan fingerprint density at radius 2 is 1.64 bits per heavy atom. The van der Waals surface area contributed by atoms with Crippen molar-refractivity contribution in [1.82, 2.24) is 19.7 Å². The second-order valence-corrected chi connectivity index (χ2v) is 11.0. The predicted molar refractivity (Wildman–Crippen MR) is 141 cm³/mol. The molecule has 36 heavy (non-hydrogen) atoms. The van der Waals surface area contributed by atoms with Gasteiger partial charge in [-0.2, -0.15) is 10.1 Å². The summed E-state index contributed by atoms with van der Waals surface area (Å²) < 4.78 is 36.5. The van der Waals surface area contributed by atoms with Crippen LogP contribution >= 0.6 is 0 Å². The lowest BCUT2D eigenvalue weighted by Gasteiger charge is -2.21. The van der Waals surface area contributed by atoms with Gasteiger partial charge in [0.05, 0.1) is 11.9 Å². The number of anilines is 1. The maximum Gasteiger partial charge on any atom is 0.267 e. The van der Waals surface area contributed by atoms with Crippen molar-refractivity contribution < 1.29 is 13.2 Å². The molecular weight excluding hydrogens is 474 g/mol. The van der Waals surface area contributed by atoms with Gasteiger partial charge in [-0.3, -0.25) is 4.68 Å². The molecule has 2 heterocycles. The summed E-state index contributed by atoms with van der Waals surface area (Å²) in [5.41, 5.74) is 4.39. The van der Waals surface area contributed by atoms with Gasteiger partial charge in [-0.05, 0) is 36.0 Å². The molecule has 4 rings (SSSR count). The third kappa shape index (κ3) is 5.26. The molecule has 8 nitrogen and oxygen atoms in total. The molecular formula is C27H31N5O3S. The van der Waals surface area contributed by atoms with E-state index in [1.807, 2.05) is 63.2 Å². The van der Waals surface area contributed by atoms with Crippen LogP contribution in [0.1, 0.15) is 56.2 Å². The summed E-state index contributed by atoms with van der Waals surface area (Å²) in [4.78, 5) is 9.32.